The highest BCUT2D eigenvalue weighted by Gasteiger charge is 2.44. The molecular formula is C20H23N. The third-order valence-electron chi connectivity index (χ3n) is 5.44. The predicted octanol–water partition coefficient (Wildman–Crippen LogP) is 4.52. The SMILES string of the molecule is Cc1ccc([C@@H]2c3ccccc3C3[C@H]2CCCN3C)cc1. The van der Waals surface area contributed by atoms with E-state index in [9.17, 15) is 0 Å². The monoisotopic (exact) mass is 277 g/mol. The fraction of sp³-hybridized carbons (Fsp3) is 0.400. The van der Waals surface area contributed by atoms with Crippen LogP contribution >= 0.6 is 0 Å². The van der Waals surface area contributed by atoms with E-state index >= 15 is 0 Å². The topological polar surface area (TPSA) is 3.24 Å². The van der Waals surface area contributed by atoms with E-state index < -0.39 is 0 Å². The number of hydrogen-bond acceptors (Lipinski definition) is 1. The maximum Gasteiger partial charge on any atom is 0.0385 e. The van der Waals surface area contributed by atoms with Gasteiger partial charge in [0.25, 0.3) is 0 Å². The maximum atomic E-state index is 2.57. The summed E-state index contributed by atoms with van der Waals surface area (Å²) >= 11 is 0. The van der Waals surface area contributed by atoms with Crippen LogP contribution in [0.25, 0.3) is 0 Å². The van der Waals surface area contributed by atoms with Gasteiger partial charge in [0.15, 0.2) is 0 Å². The molecule has 21 heavy (non-hydrogen) atoms. The van der Waals surface area contributed by atoms with Gasteiger partial charge in [-0.25, -0.2) is 0 Å². The van der Waals surface area contributed by atoms with Gasteiger partial charge in [0.05, 0.1) is 0 Å². The smallest absolute Gasteiger partial charge is 0.0385 e. The number of aryl methyl sites for hydroxylation is 1. The molecule has 0 saturated carbocycles. The molecule has 2 aromatic carbocycles. The number of nitrogens with zero attached hydrogens (tertiary/aromatic N) is 1. The van der Waals surface area contributed by atoms with Gasteiger partial charge in [-0.1, -0.05) is 54.1 Å². The Balaban J connectivity index is 1.84. The predicted molar refractivity (Wildman–Crippen MR) is 87.6 cm³/mol. The quantitative estimate of drug-likeness (QED) is 0.740. The first-order valence-corrected chi connectivity index (χ1v) is 8.11. The Bertz CT molecular complexity index is 643. The Morgan fingerprint density at radius 3 is 2.43 bits per heavy atom. The van der Waals surface area contributed by atoms with Gasteiger partial charge in [-0.05, 0) is 56.0 Å². The second kappa shape index (κ2) is 4.99. The average molecular weight is 277 g/mol. The van der Waals surface area contributed by atoms with Crippen LogP contribution in [0.15, 0.2) is 48.5 Å². The lowest BCUT2D eigenvalue weighted by molar-refractivity contribution is 0.127. The second-order valence-corrected chi connectivity index (χ2v) is 6.75. The number of benzene rings is 2. The molecule has 3 atom stereocenters. The van der Waals surface area contributed by atoms with E-state index in [1.807, 2.05) is 0 Å². The van der Waals surface area contributed by atoms with E-state index in [4.69, 9.17) is 0 Å². The normalized spacial score (nSPS) is 28.2. The molecule has 1 nitrogen and oxygen atoms in total. The molecular weight excluding hydrogens is 254 g/mol. The second-order valence-electron chi connectivity index (χ2n) is 6.75. The summed E-state index contributed by atoms with van der Waals surface area (Å²) in [6, 6.07) is 18.9. The lowest BCUT2D eigenvalue weighted by Gasteiger charge is -2.37. The Kier molecular flexibility index (Phi) is 3.11. The summed E-state index contributed by atoms with van der Waals surface area (Å²) in [6.07, 6.45) is 2.68. The molecule has 1 saturated heterocycles. The molecule has 0 amide bonds. The third kappa shape index (κ3) is 2.03. The van der Waals surface area contributed by atoms with Crippen molar-refractivity contribution in [3.63, 3.8) is 0 Å². The fourth-order valence-corrected chi connectivity index (χ4v) is 4.51. The van der Waals surface area contributed by atoms with Gasteiger partial charge in [-0.15, -0.1) is 0 Å². The van der Waals surface area contributed by atoms with Gasteiger partial charge >= 0.3 is 0 Å². The van der Waals surface area contributed by atoms with Crippen molar-refractivity contribution in [2.75, 3.05) is 13.6 Å². The van der Waals surface area contributed by atoms with Gasteiger partial charge in [-0.3, -0.25) is 4.90 Å². The number of fused-ring (bicyclic) bond motifs is 3. The molecule has 0 N–H and O–H groups in total. The third-order valence-corrected chi connectivity index (χ3v) is 5.44. The Labute approximate surface area is 127 Å². The van der Waals surface area contributed by atoms with Crippen molar-refractivity contribution >= 4 is 0 Å². The Morgan fingerprint density at radius 2 is 1.67 bits per heavy atom. The number of rotatable bonds is 1. The van der Waals surface area contributed by atoms with Crippen LogP contribution in [0.2, 0.25) is 0 Å². The Hall–Kier alpha value is -1.60. The lowest BCUT2D eigenvalue weighted by Crippen LogP contribution is -2.34. The van der Waals surface area contributed by atoms with Crippen molar-refractivity contribution in [3.8, 4) is 0 Å². The van der Waals surface area contributed by atoms with E-state index in [1.54, 1.807) is 11.1 Å². The molecule has 1 fully saturated rings. The average Bonchev–Trinajstić information content (AvgIpc) is 2.84. The molecule has 0 aromatic heterocycles. The van der Waals surface area contributed by atoms with Gasteiger partial charge in [0, 0.05) is 12.0 Å². The zero-order chi connectivity index (χ0) is 14.4. The van der Waals surface area contributed by atoms with Crippen LogP contribution in [-0.4, -0.2) is 18.5 Å². The van der Waals surface area contributed by atoms with Gasteiger partial charge in [0.1, 0.15) is 0 Å². The number of piperidine rings is 1. The fourth-order valence-electron chi connectivity index (χ4n) is 4.51. The summed E-state index contributed by atoms with van der Waals surface area (Å²) in [4.78, 5) is 2.57. The van der Waals surface area contributed by atoms with Crippen LogP contribution in [0.1, 0.15) is 47.1 Å². The van der Waals surface area contributed by atoms with Crippen LogP contribution in [0.3, 0.4) is 0 Å². The minimum Gasteiger partial charge on any atom is -0.299 e. The van der Waals surface area contributed by atoms with E-state index in [-0.39, 0.29) is 0 Å². The summed E-state index contributed by atoms with van der Waals surface area (Å²) in [5, 5.41) is 0. The summed E-state index contributed by atoms with van der Waals surface area (Å²) < 4.78 is 0. The molecule has 108 valence electrons. The molecule has 2 aromatic rings. The highest BCUT2D eigenvalue weighted by Crippen LogP contribution is 2.54. The van der Waals surface area contributed by atoms with Crippen molar-refractivity contribution in [1.29, 1.82) is 0 Å². The molecule has 0 spiro atoms. The van der Waals surface area contributed by atoms with E-state index in [0.717, 1.165) is 5.92 Å². The van der Waals surface area contributed by atoms with Crippen molar-refractivity contribution in [1.82, 2.24) is 4.90 Å². The highest BCUT2D eigenvalue weighted by atomic mass is 15.1. The van der Waals surface area contributed by atoms with Crippen LogP contribution < -0.4 is 0 Å². The zero-order valence-electron chi connectivity index (χ0n) is 12.9. The van der Waals surface area contributed by atoms with Crippen LogP contribution in [0.4, 0.5) is 0 Å². The molecule has 0 radical (unpaired) electrons. The molecule has 1 aliphatic carbocycles. The standard InChI is InChI=1S/C20H23N/c1-14-9-11-15(12-10-14)19-16-6-3-4-7-17(16)20-18(19)8-5-13-21(20)2/h3-4,6-7,9-12,18-20H,5,8,13H2,1-2H3/t18-,19+,20?/m0/s1. The molecule has 1 heteroatoms. The van der Waals surface area contributed by atoms with Gasteiger partial charge < -0.3 is 0 Å². The van der Waals surface area contributed by atoms with Crippen molar-refractivity contribution in [2.24, 2.45) is 5.92 Å². The summed E-state index contributed by atoms with van der Waals surface area (Å²) in [5.74, 6) is 1.32. The van der Waals surface area contributed by atoms with Crippen molar-refractivity contribution in [3.05, 3.63) is 70.8 Å². The van der Waals surface area contributed by atoms with Gasteiger partial charge in [0.2, 0.25) is 0 Å². The molecule has 4 rings (SSSR count). The van der Waals surface area contributed by atoms with Crippen LogP contribution in [0, 0.1) is 12.8 Å². The summed E-state index contributed by atoms with van der Waals surface area (Å²) in [6.45, 7) is 3.40. The molecule has 1 unspecified atom stereocenters. The number of hydrogen-bond donors (Lipinski definition) is 0. The van der Waals surface area contributed by atoms with Crippen molar-refractivity contribution in [2.45, 2.75) is 31.7 Å². The molecule has 0 bridgehead atoms. The van der Waals surface area contributed by atoms with E-state index in [2.05, 4.69) is 67.4 Å². The minimum atomic E-state index is 0.578. The Morgan fingerprint density at radius 1 is 0.952 bits per heavy atom. The van der Waals surface area contributed by atoms with Crippen LogP contribution in [-0.2, 0) is 0 Å². The van der Waals surface area contributed by atoms with E-state index in [0.29, 0.717) is 12.0 Å². The largest absolute Gasteiger partial charge is 0.299 e. The zero-order valence-corrected chi connectivity index (χ0v) is 12.9. The minimum absolute atomic E-state index is 0.578. The first kappa shape index (κ1) is 13.1. The number of likely N-dealkylation sites (tertiary alicyclic amines) is 1. The lowest BCUT2D eigenvalue weighted by atomic mass is 9.80. The molecule has 1 aliphatic heterocycles. The molecule has 2 aliphatic rings. The first-order valence-electron chi connectivity index (χ1n) is 8.11. The van der Waals surface area contributed by atoms with Crippen LogP contribution in [0.5, 0.6) is 0 Å². The first-order chi connectivity index (χ1) is 10.3. The van der Waals surface area contributed by atoms with Crippen molar-refractivity contribution < 1.29 is 0 Å². The maximum absolute atomic E-state index is 2.57. The van der Waals surface area contributed by atoms with E-state index in [1.165, 1.54) is 30.5 Å². The highest BCUT2D eigenvalue weighted by molar-refractivity contribution is 5.46. The summed E-state index contributed by atoms with van der Waals surface area (Å²) in [7, 11) is 2.30. The molecule has 1 heterocycles. The summed E-state index contributed by atoms with van der Waals surface area (Å²) in [5.41, 5.74) is 5.97. The van der Waals surface area contributed by atoms with Gasteiger partial charge in [-0.2, -0.15) is 0 Å².